The molecule has 0 spiro atoms. The Bertz CT molecular complexity index is 1030. The number of ether oxygens (including phenoxy) is 2. The van der Waals surface area contributed by atoms with E-state index in [0.717, 1.165) is 0 Å². The minimum atomic E-state index is -0.773. The molecule has 3 rings (SSSR count). The summed E-state index contributed by atoms with van der Waals surface area (Å²) in [7, 11) is 1.56. The van der Waals surface area contributed by atoms with E-state index in [1.165, 1.54) is 4.90 Å². The van der Waals surface area contributed by atoms with Gasteiger partial charge in [0.1, 0.15) is 11.5 Å². The zero-order valence-electron chi connectivity index (χ0n) is 19.5. The summed E-state index contributed by atoms with van der Waals surface area (Å²) >= 11 is 0. The van der Waals surface area contributed by atoms with Gasteiger partial charge in [0.15, 0.2) is 11.5 Å². The van der Waals surface area contributed by atoms with Crippen LogP contribution in [0.1, 0.15) is 46.2 Å². The largest absolute Gasteiger partial charge is 0.503 e. The normalized spacial score (nSPS) is 16.7. The van der Waals surface area contributed by atoms with Gasteiger partial charge in [0.05, 0.1) is 25.3 Å². The summed E-state index contributed by atoms with van der Waals surface area (Å²) in [5, 5.41) is 10.8. The van der Waals surface area contributed by atoms with E-state index in [9.17, 15) is 14.7 Å². The van der Waals surface area contributed by atoms with Gasteiger partial charge in [-0.1, -0.05) is 46.8 Å². The number of aliphatic hydroxyl groups is 1. The van der Waals surface area contributed by atoms with Gasteiger partial charge in [-0.15, -0.1) is 0 Å². The maximum Gasteiger partial charge on any atom is 0.294 e. The third-order valence-corrected chi connectivity index (χ3v) is 5.24. The molecule has 0 saturated heterocycles. The molecule has 0 bridgehead atoms. The van der Waals surface area contributed by atoms with Crippen LogP contribution in [-0.4, -0.2) is 30.5 Å². The van der Waals surface area contributed by atoms with Crippen molar-refractivity contribution in [1.29, 1.82) is 0 Å². The molecule has 1 atom stereocenters. The number of carbonyl (C=O) groups is 2. The van der Waals surface area contributed by atoms with Gasteiger partial charge in [-0.05, 0) is 47.9 Å². The van der Waals surface area contributed by atoms with E-state index in [1.807, 2.05) is 6.07 Å². The van der Waals surface area contributed by atoms with Crippen molar-refractivity contribution in [1.82, 2.24) is 0 Å². The maximum atomic E-state index is 13.3. The van der Waals surface area contributed by atoms with E-state index in [2.05, 4.69) is 13.8 Å². The van der Waals surface area contributed by atoms with Gasteiger partial charge in [-0.2, -0.15) is 0 Å². The number of methoxy groups -OCH3 is 1. The summed E-state index contributed by atoms with van der Waals surface area (Å²) in [5.41, 5.74) is 0.555. The van der Waals surface area contributed by atoms with Crippen molar-refractivity contribution in [2.75, 3.05) is 18.6 Å². The van der Waals surface area contributed by atoms with Gasteiger partial charge in [0.25, 0.3) is 5.91 Å². The lowest BCUT2D eigenvalue weighted by molar-refractivity contribution is -0.123. The smallest absolute Gasteiger partial charge is 0.294 e. The molecule has 1 N–H and O–H groups in total. The second-order valence-electron chi connectivity index (χ2n) is 9.39. The standard InChI is InChI=1S/C26H31NO5/c1-16(2)15-32-19-12-10-18(11-13-19)27-22(17-8-7-9-20(14-17)31-6)21(23(28)25(27)30)24(29)26(3,4)5/h7-14,16,22,28H,15H2,1-6H3. The van der Waals surface area contributed by atoms with Crippen molar-refractivity contribution in [3.05, 3.63) is 65.4 Å². The first-order valence-corrected chi connectivity index (χ1v) is 10.7. The molecule has 1 amide bonds. The van der Waals surface area contributed by atoms with Gasteiger partial charge in [-0.3, -0.25) is 14.5 Å². The molecule has 1 unspecified atom stereocenters. The summed E-state index contributed by atoms with van der Waals surface area (Å²) in [4.78, 5) is 27.9. The van der Waals surface area contributed by atoms with Crippen molar-refractivity contribution in [2.24, 2.45) is 11.3 Å². The van der Waals surface area contributed by atoms with Crippen LogP contribution in [-0.2, 0) is 9.59 Å². The Hall–Kier alpha value is -3.28. The van der Waals surface area contributed by atoms with Gasteiger partial charge in [-0.25, -0.2) is 0 Å². The third-order valence-electron chi connectivity index (χ3n) is 5.24. The molecule has 2 aromatic carbocycles. The number of amides is 1. The Labute approximate surface area is 189 Å². The molecule has 2 aromatic rings. The van der Waals surface area contributed by atoms with E-state index < -0.39 is 23.1 Å². The van der Waals surface area contributed by atoms with E-state index in [-0.39, 0.29) is 11.4 Å². The van der Waals surface area contributed by atoms with E-state index in [4.69, 9.17) is 9.47 Å². The monoisotopic (exact) mass is 437 g/mol. The van der Waals surface area contributed by atoms with Crippen molar-refractivity contribution in [3.8, 4) is 11.5 Å². The summed E-state index contributed by atoms with van der Waals surface area (Å²) in [6, 6.07) is 13.5. The van der Waals surface area contributed by atoms with E-state index >= 15 is 0 Å². The Kier molecular flexibility index (Phi) is 6.63. The van der Waals surface area contributed by atoms with Crippen molar-refractivity contribution < 1.29 is 24.2 Å². The molecule has 32 heavy (non-hydrogen) atoms. The van der Waals surface area contributed by atoms with E-state index in [0.29, 0.717) is 35.3 Å². The highest BCUT2D eigenvalue weighted by molar-refractivity contribution is 6.17. The molecule has 6 heteroatoms. The topological polar surface area (TPSA) is 76.1 Å². The molecule has 0 aliphatic carbocycles. The molecular weight excluding hydrogens is 406 g/mol. The molecule has 0 saturated carbocycles. The van der Waals surface area contributed by atoms with Crippen LogP contribution in [0.5, 0.6) is 11.5 Å². The summed E-state index contributed by atoms with van der Waals surface area (Å²) in [6.07, 6.45) is 0. The molecule has 6 nitrogen and oxygen atoms in total. The zero-order chi connectivity index (χ0) is 23.6. The second-order valence-corrected chi connectivity index (χ2v) is 9.39. The molecule has 170 valence electrons. The molecule has 1 heterocycles. The molecule has 1 aliphatic heterocycles. The van der Waals surface area contributed by atoms with Crippen LogP contribution in [0, 0.1) is 11.3 Å². The van der Waals surface area contributed by atoms with Gasteiger partial charge in [0.2, 0.25) is 0 Å². The Morgan fingerprint density at radius 2 is 1.75 bits per heavy atom. The molecular formula is C26H31NO5. The number of hydrogen-bond acceptors (Lipinski definition) is 5. The SMILES string of the molecule is COc1cccc(C2C(C(=O)C(C)(C)C)=C(O)C(=O)N2c2ccc(OCC(C)C)cc2)c1. The third kappa shape index (κ3) is 4.64. The number of benzene rings is 2. The Morgan fingerprint density at radius 1 is 1.09 bits per heavy atom. The maximum absolute atomic E-state index is 13.3. The van der Waals surface area contributed by atoms with Gasteiger partial charge in [0, 0.05) is 11.1 Å². The predicted octanol–water partition coefficient (Wildman–Crippen LogP) is 5.25. The molecule has 0 aromatic heterocycles. The van der Waals surface area contributed by atoms with Crippen LogP contribution in [0.4, 0.5) is 5.69 Å². The van der Waals surface area contributed by atoms with E-state index in [1.54, 1.807) is 70.3 Å². The van der Waals surface area contributed by atoms with Crippen LogP contribution in [0.15, 0.2) is 59.9 Å². The lowest BCUT2D eigenvalue weighted by Gasteiger charge is -2.29. The number of anilines is 1. The molecule has 0 fully saturated rings. The fourth-order valence-corrected chi connectivity index (χ4v) is 3.60. The minimum absolute atomic E-state index is 0.0934. The average Bonchev–Trinajstić information content (AvgIpc) is 3.02. The second kappa shape index (κ2) is 9.07. The summed E-state index contributed by atoms with van der Waals surface area (Å²) in [5.74, 6) is 0.269. The number of rotatable bonds is 7. The number of carbonyl (C=O) groups excluding carboxylic acids is 2. The molecule has 1 aliphatic rings. The first-order chi connectivity index (χ1) is 15.0. The highest BCUT2D eigenvalue weighted by Gasteiger charge is 2.46. The van der Waals surface area contributed by atoms with Crippen LogP contribution in [0.3, 0.4) is 0 Å². The first-order valence-electron chi connectivity index (χ1n) is 10.7. The Morgan fingerprint density at radius 3 is 2.31 bits per heavy atom. The fourth-order valence-electron chi connectivity index (χ4n) is 3.60. The highest BCUT2D eigenvalue weighted by Crippen LogP contribution is 2.44. The van der Waals surface area contributed by atoms with Crippen LogP contribution < -0.4 is 14.4 Å². The van der Waals surface area contributed by atoms with Crippen LogP contribution >= 0.6 is 0 Å². The van der Waals surface area contributed by atoms with Crippen molar-refractivity contribution >= 4 is 17.4 Å². The zero-order valence-corrected chi connectivity index (χ0v) is 19.5. The first kappa shape index (κ1) is 23.4. The van der Waals surface area contributed by atoms with Crippen molar-refractivity contribution in [2.45, 2.75) is 40.7 Å². The van der Waals surface area contributed by atoms with Crippen LogP contribution in [0.25, 0.3) is 0 Å². The quantitative estimate of drug-likeness (QED) is 0.641. The number of aliphatic hydroxyl groups excluding tert-OH is 1. The number of ketones is 1. The predicted molar refractivity (Wildman–Crippen MR) is 124 cm³/mol. The number of nitrogens with zero attached hydrogens (tertiary/aromatic N) is 1. The fraction of sp³-hybridized carbons (Fsp3) is 0.385. The number of hydrogen-bond donors (Lipinski definition) is 1. The number of Topliss-reactive ketones (excluding diaryl/α,β-unsaturated/α-hetero) is 1. The minimum Gasteiger partial charge on any atom is -0.503 e. The summed E-state index contributed by atoms with van der Waals surface area (Å²) in [6.45, 7) is 10.0. The van der Waals surface area contributed by atoms with Gasteiger partial charge < -0.3 is 14.6 Å². The van der Waals surface area contributed by atoms with Crippen LogP contribution in [0.2, 0.25) is 0 Å². The lowest BCUT2D eigenvalue weighted by Crippen LogP contribution is -2.32. The Balaban J connectivity index is 2.08. The lowest BCUT2D eigenvalue weighted by atomic mass is 9.82. The average molecular weight is 438 g/mol. The van der Waals surface area contributed by atoms with Gasteiger partial charge >= 0.3 is 0 Å². The highest BCUT2D eigenvalue weighted by atomic mass is 16.5. The molecule has 0 radical (unpaired) electrons. The van der Waals surface area contributed by atoms with Crippen molar-refractivity contribution in [3.63, 3.8) is 0 Å². The summed E-state index contributed by atoms with van der Waals surface area (Å²) < 4.78 is 11.1.